The van der Waals surface area contributed by atoms with E-state index in [2.05, 4.69) is 17.0 Å². The number of para-hydroxylation sites is 1. The van der Waals surface area contributed by atoms with Gasteiger partial charge in [-0.3, -0.25) is 0 Å². The van der Waals surface area contributed by atoms with Gasteiger partial charge in [0.05, 0.1) is 17.8 Å². The molecule has 2 nitrogen and oxygen atoms in total. The van der Waals surface area contributed by atoms with Crippen LogP contribution in [0.2, 0.25) is 0 Å². The van der Waals surface area contributed by atoms with Crippen LogP contribution in [-0.4, -0.2) is 19.2 Å². The van der Waals surface area contributed by atoms with Crippen LogP contribution in [0.4, 0.5) is 5.69 Å². The van der Waals surface area contributed by atoms with E-state index in [4.69, 9.17) is 17.0 Å². The van der Waals surface area contributed by atoms with Crippen molar-refractivity contribution in [2.45, 2.75) is 4.90 Å². The minimum atomic E-state index is 0.511. The molecule has 1 aromatic rings. The Morgan fingerprint density at radius 1 is 1.47 bits per heavy atom. The number of hydrogen-bond donors (Lipinski definition) is 0. The molecule has 0 fully saturated rings. The summed E-state index contributed by atoms with van der Waals surface area (Å²) in [4.78, 5) is 3.37. The van der Waals surface area contributed by atoms with Crippen molar-refractivity contribution in [2.75, 3.05) is 19.1 Å². The van der Waals surface area contributed by atoms with Gasteiger partial charge >= 0.3 is 0 Å². The lowest BCUT2D eigenvalue weighted by Crippen LogP contribution is -2.10. The Kier molecular flexibility index (Phi) is 2.98. The van der Waals surface area contributed by atoms with Gasteiger partial charge in [0, 0.05) is 18.0 Å². The van der Waals surface area contributed by atoms with Crippen molar-refractivity contribution < 1.29 is 4.74 Å². The minimum absolute atomic E-state index is 0.511. The first-order valence-corrected chi connectivity index (χ1v) is 5.75. The maximum absolute atomic E-state index is 5.02. The first kappa shape index (κ1) is 10.5. The fourth-order valence-electron chi connectivity index (χ4n) is 1.41. The van der Waals surface area contributed by atoms with Crippen LogP contribution in [0.5, 0.6) is 0 Å². The van der Waals surface area contributed by atoms with E-state index >= 15 is 0 Å². The molecular formula is C11H11NOS2. The molecule has 4 heteroatoms. The Morgan fingerprint density at radius 2 is 2.20 bits per heavy atom. The van der Waals surface area contributed by atoms with E-state index in [9.17, 15) is 0 Å². The van der Waals surface area contributed by atoms with Crippen LogP contribution in [-0.2, 0) is 4.74 Å². The van der Waals surface area contributed by atoms with E-state index in [0.29, 0.717) is 5.05 Å². The molecule has 15 heavy (non-hydrogen) atoms. The third-order valence-electron chi connectivity index (χ3n) is 2.21. The lowest BCUT2D eigenvalue weighted by atomic mass is 10.3. The highest BCUT2D eigenvalue weighted by molar-refractivity contribution is 8.03. The Hall–Kier alpha value is -1.00. The molecule has 1 aliphatic rings. The topological polar surface area (TPSA) is 12.5 Å². The van der Waals surface area contributed by atoms with Gasteiger partial charge in [0.2, 0.25) is 0 Å². The molecule has 0 saturated carbocycles. The van der Waals surface area contributed by atoms with Crippen molar-refractivity contribution in [3.8, 4) is 0 Å². The van der Waals surface area contributed by atoms with E-state index in [0.717, 1.165) is 5.03 Å². The molecule has 1 aromatic carbocycles. The zero-order chi connectivity index (χ0) is 10.8. The van der Waals surface area contributed by atoms with Gasteiger partial charge in [0.25, 0.3) is 0 Å². The normalized spacial score (nSPS) is 16.7. The van der Waals surface area contributed by atoms with Gasteiger partial charge in [-0.25, -0.2) is 0 Å². The highest BCUT2D eigenvalue weighted by atomic mass is 32.2. The largest absolute Gasteiger partial charge is 0.487 e. The zero-order valence-corrected chi connectivity index (χ0v) is 10.2. The molecule has 0 unspecified atom stereocenters. The minimum Gasteiger partial charge on any atom is -0.487 e. The number of hydrogen-bond acceptors (Lipinski definition) is 4. The predicted octanol–water partition coefficient (Wildman–Crippen LogP) is 3.04. The molecule has 0 amide bonds. The summed E-state index contributed by atoms with van der Waals surface area (Å²) in [6.45, 7) is 0. The summed E-state index contributed by atoms with van der Waals surface area (Å²) in [7, 11) is 3.62. The molecule has 1 heterocycles. The summed E-state index contributed by atoms with van der Waals surface area (Å²) in [6, 6.07) is 8.27. The van der Waals surface area contributed by atoms with Gasteiger partial charge in [-0.2, -0.15) is 0 Å². The number of benzene rings is 1. The summed E-state index contributed by atoms with van der Waals surface area (Å²) < 4.78 is 4.97. The van der Waals surface area contributed by atoms with E-state index in [1.54, 1.807) is 18.9 Å². The number of fused-ring (bicyclic) bond motifs is 1. The fourth-order valence-corrected chi connectivity index (χ4v) is 2.68. The average Bonchev–Trinajstić information content (AvgIpc) is 2.57. The molecule has 2 rings (SSSR count). The molecule has 0 aliphatic carbocycles. The number of thiocarbonyl (C=S) groups is 1. The molecule has 1 aliphatic heterocycles. The molecule has 0 spiro atoms. The second kappa shape index (κ2) is 4.24. The van der Waals surface area contributed by atoms with Gasteiger partial charge in [-0.05, 0) is 24.4 Å². The molecule has 0 aromatic heterocycles. The second-order valence-corrected chi connectivity index (χ2v) is 4.60. The molecule has 0 atom stereocenters. The first-order chi connectivity index (χ1) is 7.22. The third-order valence-corrected chi connectivity index (χ3v) is 3.66. The summed E-state index contributed by atoms with van der Waals surface area (Å²) in [5.41, 5.74) is 1.22. The smallest absolute Gasteiger partial charge is 0.186 e. The van der Waals surface area contributed by atoms with Crippen LogP contribution in [0.3, 0.4) is 0 Å². The Balaban J connectivity index is 2.31. The number of thioether (sulfide) groups is 1. The number of anilines is 1. The zero-order valence-electron chi connectivity index (χ0n) is 8.56. The summed E-state index contributed by atoms with van der Waals surface area (Å²) in [5, 5.41) is 1.61. The van der Waals surface area contributed by atoms with E-state index in [1.807, 2.05) is 25.3 Å². The quantitative estimate of drug-likeness (QED) is 0.549. The van der Waals surface area contributed by atoms with Gasteiger partial charge in [0.1, 0.15) is 0 Å². The molecule has 0 bridgehead atoms. The Labute approximate surface area is 98.9 Å². The van der Waals surface area contributed by atoms with E-state index in [-0.39, 0.29) is 0 Å². The highest BCUT2D eigenvalue weighted by Gasteiger charge is 2.21. The van der Waals surface area contributed by atoms with Crippen LogP contribution >= 0.6 is 24.0 Å². The Morgan fingerprint density at radius 3 is 2.87 bits per heavy atom. The predicted molar refractivity (Wildman–Crippen MR) is 68.4 cm³/mol. The van der Waals surface area contributed by atoms with Crippen molar-refractivity contribution in [3.63, 3.8) is 0 Å². The third kappa shape index (κ3) is 2.01. The van der Waals surface area contributed by atoms with Crippen molar-refractivity contribution in [1.29, 1.82) is 0 Å². The lowest BCUT2D eigenvalue weighted by molar-refractivity contribution is 0.418. The molecule has 0 N–H and O–H groups in total. The maximum Gasteiger partial charge on any atom is 0.186 e. The average molecular weight is 237 g/mol. The lowest BCUT2D eigenvalue weighted by Gasteiger charge is -2.12. The fraction of sp³-hybridized carbons (Fsp3) is 0.182. The Bertz CT molecular complexity index is 428. The van der Waals surface area contributed by atoms with Gasteiger partial charge < -0.3 is 9.64 Å². The van der Waals surface area contributed by atoms with Crippen molar-refractivity contribution in [2.24, 2.45) is 0 Å². The standard InChI is InChI=1S/C11H11NOS2/c1-12-8-5-3-4-6-9(8)15-10(12)7-11(14)13-2/h3-7H,1-2H3. The summed E-state index contributed by atoms with van der Waals surface area (Å²) in [5.74, 6) is 0. The molecular weight excluding hydrogens is 226 g/mol. The highest BCUT2D eigenvalue weighted by Crippen LogP contribution is 2.44. The summed E-state index contributed by atoms with van der Waals surface area (Å²) >= 11 is 6.72. The second-order valence-electron chi connectivity index (χ2n) is 3.13. The van der Waals surface area contributed by atoms with Gasteiger partial charge in [-0.1, -0.05) is 23.9 Å². The number of ether oxygens (including phenoxy) is 1. The maximum atomic E-state index is 5.02. The molecule has 78 valence electrons. The number of methoxy groups -OCH3 is 1. The molecule has 0 saturated heterocycles. The van der Waals surface area contributed by atoms with Crippen molar-refractivity contribution in [1.82, 2.24) is 0 Å². The van der Waals surface area contributed by atoms with Crippen LogP contribution in [0, 0.1) is 0 Å². The SMILES string of the molecule is COC(=S)C=C1Sc2ccccc2N1C. The van der Waals surface area contributed by atoms with Crippen molar-refractivity contribution in [3.05, 3.63) is 35.4 Å². The van der Waals surface area contributed by atoms with Gasteiger partial charge in [-0.15, -0.1) is 0 Å². The number of rotatable bonds is 1. The van der Waals surface area contributed by atoms with E-state index in [1.165, 1.54) is 10.6 Å². The van der Waals surface area contributed by atoms with Crippen LogP contribution < -0.4 is 4.90 Å². The van der Waals surface area contributed by atoms with Crippen LogP contribution in [0.25, 0.3) is 0 Å². The first-order valence-electron chi connectivity index (χ1n) is 4.52. The van der Waals surface area contributed by atoms with E-state index < -0.39 is 0 Å². The van der Waals surface area contributed by atoms with Crippen LogP contribution in [0.1, 0.15) is 0 Å². The van der Waals surface area contributed by atoms with Gasteiger partial charge in [0.15, 0.2) is 5.05 Å². The van der Waals surface area contributed by atoms with Crippen LogP contribution in [0.15, 0.2) is 40.3 Å². The monoisotopic (exact) mass is 237 g/mol. The molecule has 0 radical (unpaired) electrons. The van der Waals surface area contributed by atoms with Crippen molar-refractivity contribution >= 4 is 34.7 Å². The summed E-state index contributed by atoms with van der Waals surface area (Å²) in [6.07, 6.45) is 1.88. The number of nitrogens with zero attached hydrogens (tertiary/aromatic N) is 1.